The molecule has 0 aliphatic heterocycles. The molecule has 12 heteroatoms. The summed E-state index contributed by atoms with van der Waals surface area (Å²) in [4.78, 5) is 39.0. The zero-order valence-corrected chi connectivity index (χ0v) is 23.3. The van der Waals surface area contributed by atoms with Gasteiger partial charge in [-0.05, 0) is 37.0 Å². The highest BCUT2D eigenvalue weighted by atomic mass is 32.2. The first-order chi connectivity index (χ1) is 17.9. The lowest BCUT2D eigenvalue weighted by Gasteiger charge is -2.33. The van der Waals surface area contributed by atoms with E-state index < -0.39 is 33.4 Å². The number of methoxy groups -OCH3 is 1. The van der Waals surface area contributed by atoms with Gasteiger partial charge in [-0.15, -0.1) is 0 Å². The normalized spacial score (nSPS) is 11.9. The van der Waals surface area contributed by atoms with Crippen LogP contribution in [0.3, 0.4) is 0 Å². The number of carbonyl (C=O) groups is 2. The Kier molecular flexibility index (Phi) is 11.1. The fourth-order valence-corrected chi connectivity index (χ4v) is 4.82. The number of nitro groups is 1. The maximum absolute atomic E-state index is 13.8. The van der Waals surface area contributed by atoms with Crippen molar-refractivity contribution in [1.29, 1.82) is 0 Å². The molecule has 2 amide bonds. The molecule has 0 heterocycles. The third-order valence-corrected chi connectivity index (χ3v) is 7.27. The highest BCUT2D eigenvalue weighted by Gasteiger charge is 2.33. The molecular formula is C26H36N4O7S. The summed E-state index contributed by atoms with van der Waals surface area (Å²) < 4.78 is 31.7. The Morgan fingerprint density at radius 2 is 1.84 bits per heavy atom. The molecule has 0 aromatic heterocycles. The summed E-state index contributed by atoms with van der Waals surface area (Å²) in [5.41, 5.74) is 1.21. The van der Waals surface area contributed by atoms with Crippen molar-refractivity contribution in [3.8, 4) is 5.75 Å². The standard InChI is InChI=1S/C26H36N4O7S/c1-6-8-15-27-26(32)22(7-2)28(17-20-12-10-9-11-19(20)3)25(31)18-29(38(5,35)36)23-16-21(30(33)34)13-14-24(23)37-4/h9-14,16,22H,6-8,15,17-18H2,1-5H3,(H,27,32). The van der Waals surface area contributed by atoms with E-state index in [1.54, 1.807) is 6.92 Å². The van der Waals surface area contributed by atoms with Crippen LogP contribution < -0.4 is 14.4 Å². The monoisotopic (exact) mass is 548 g/mol. The number of sulfonamides is 1. The number of unbranched alkanes of at least 4 members (excludes halogenated alkanes) is 1. The van der Waals surface area contributed by atoms with Crippen molar-refractivity contribution in [1.82, 2.24) is 10.2 Å². The number of nitrogens with one attached hydrogen (secondary N) is 1. The topological polar surface area (TPSA) is 139 Å². The molecule has 1 N–H and O–H groups in total. The Hall–Kier alpha value is -3.67. The van der Waals surface area contributed by atoms with Crippen LogP contribution in [0.2, 0.25) is 0 Å². The molecule has 0 aliphatic carbocycles. The van der Waals surface area contributed by atoms with Crippen LogP contribution in [-0.4, -0.2) is 62.6 Å². The smallest absolute Gasteiger partial charge is 0.271 e. The van der Waals surface area contributed by atoms with E-state index in [4.69, 9.17) is 4.74 Å². The third-order valence-electron chi connectivity index (χ3n) is 6.14. The number of aryl methyl sites for hydroxylation is 1. The maximum atomic E-state index is 13.8. The van der Waals surface area contributed by atoms with Gasteiger partial charge in [-0.1, -0.05) is 44.5 Å². The molecule has 0 radical (unpaired) electrons. The number of rotatable bonds is 14. The molecule has 0 saturated carbocycles. The molecule has 0 spiro atoms. The molecule has 0 saturated heterocycles. The van der Waals surface area contributed by atoms with Gasteiger partial charge in [-0.25, -0.2) is 8.42 Å². The van der Waals surface area contributed by atoms with Crippen molar-refractivity contribution < 1.29 is 27.7 Å². The van der Waals surface area contributed by atoms with Crippen LogP contribution in [0.25, 0.3) is 0 Å². The zero-order valence-electron chi connectivity index (χ0n) is 22.5. The lowest BCUT2D eigenvalue weighted by atomic mass is 10.1. The van der Waals surface area contributed by atoms with Crippen molar-refractivity contribution in [3.05, 3.63) is 63.7 Å². The molecule has 208 valence electrons. The first kappa shape index (κ1) is 30.6. The molecule has 1 unspecified atom stereocenters. The van der Waals surface area contributed by atoms with Crippen LogP contribution >= 0.6 is 0 Å². The van der Waals surface area contributed by atoms with Crippen molar-refractivity contribution in [3.63, 3.8) is 0 Å². The van der Waals surface area contributed by atoms with Gasteiger partial charge in [0.15, 0.2) is 0 Å². The van der Waals surface area contributed by atoms with Crippen molar-refractivity contribution in [2.24, 2.45) is 0 Å². The van der Waals surface area contributed by atoms with Gasteiger partial charge in [-0.2, -0.15) is 0 Å². The van der Waals surface area contributed by atoms with Gasteiger partial charge in [-0.3, -0.25) is 24.0 Å². The van der Waals surface area contributed by atoms with E-state index in [2.05, 4.69) is 5.32 Å². The summed E-state index contributed by atoms with van der Waals surface area (Å²) >= 11 is 0. The number of amides is 2. The van der Waals surface area contributed by atoms with Crippen molar-refractivity contribution in [2.45, 2.75) is 52.6 Å². The largest absolute Gasteiger partial charge is 0.495 e. The molecule has 2 aromatic carbocycles. The van der Waals surface area contributed by atoms with Crippen LogP contribution in [0.15, 0.2) is 42.5 Å². The van der Waals surface area contributed by atoms with E-state index in [9.17, 15) is 28.1 Å². The Labute approximate surface area is 224 Å². The number of benzene rings is 2. The van der Waals surface area contributed by atoms with Crippen LogP contribution in [0.4, 0.5) is 11.4 Å². The second-order valence-electron chi connectivity index (χ2n) is 8.90. The number of hydrogen-bond donors (Lipinski definition) is 1. The highest BCUT2D eigenvalue weighted by molar-refractivity contribution is 7.92. The predicted molar refractivity (Wildman–Crippen MR) is 146 cm³/mol. The average molecular weight is 549 g/mol. The van der Waals surface area contributed by atoms with Gasteiger partial charge in [0.2, 0.25) is 21.8 Å². The van der Waals surface area contributed by atoms with Gasteiger partial charge >= 0.3 is 0 Å². The highest BCUT2D eigenvalue weighted by Crippen LogP contribution is 2.34. The molecular weight excluding hydrogens is 512 g/mol. The Balaban J connectivity index is 2.54. The quantitative estimate of drug-likeness (QED) is 0.217. The van der Waals surface area contributed by atoms with E-state index in [0.717, 1.165) is 40.6 Å². The third kappa shape index (κ3) is 7.91. The summed E-state index contributed by atoms with van der Waals surface area (Å²) in [5.74, 6) is -0.921. The summed E-state index contributed by atoms with van der Waals surface area (Å²) in [7, 11) is -2.79. The molecule has 0 aliphatic rings. The van der Waals surface area contributed by atoms with Gasteiger partial charge in [0.25, 0.3) is 5.69 Å². The summed E-state index contributed by atoms with van der Waals surface area (Å²) in [5, 5.41) is 14.2. The zero-order chi connectivity index (χ0) is 28.5. The number of carbonyl (C=O) groups excluding carboxylic acids is 2. The van der Waals surface area contributed by atoms with Gasteiger partial charge in [0.05, 0.1) is 18.3 Å². The second-order valence-corrected chi connectivity index (χ2v) is 10.8. The molecule has 0 bridgehead atoms. The minimum Gasteiger partial charge on any atom is -0.495 e. The minimum atomic E-state index is -4.09. The number of anilines is 1. The minimum absolute atomic E-state index is 0.0450. The van der Waals surface area contributed by atoms with E-state index in [1.165, 1.54) is 24.1 Å². The first-order valence-electron chi connectivity index (χ1n) is 12.4. The van der Waals surface area contributed by atoms with Gasteiger partial charge < -0.3 is 15.0 Å². The van der Waals surface area contributed by atoms with E-state index in [0.29, 0.717) is 13.0 Å². The Morgan fingerprint density at radius 3 is 2.39 bits per heavy atom. The van der Waals surface area contributed by atoms with Crippen LogP contribution in [0.1, 0.15) is 44.2 Å². The van der Waals surface area contributed by atoms with Crippen LogP contribution in [0.5, 0.6) is 5.75 Å². The molecule has 11 nitrogen and oxygen atoms in total. The second kappa shape index (κ2) is 13.8. The molecule has 1 atom stereocenters. The summed E-state index contributed by atoms with van der Waals surface area (Å²) in [6.07, 6.45) is 2.87. The van der Waals surface area contributed by atoms with Crippen molar-refractivity contribution >= 4 is 33.2 Å². The van der Waals surface area contributed by atoms with E-state index in [-0.39, 0.29) is 29.6 Å². The lowest BCUT2D eigenvalue weighted by Crippen LogP contribution is -2.52. The molecule has 0 fully saturated rings. The summed E-state index contributed by atoms with van der Waals surface area (Å²) in [6, 6.07) is 10.1. The van der Waals surface area contributed by atoms with Gasteiger partial charge in [0, 0.05) is 25.2 Å². The van der Waals surface area contributed by atoms with E-state index >= 15 is 0 Å². The fourth-order valence-electron chi connectivity index (χ4n) is 3.98. The van der Waals surface area contributed by atoms with Crippen LogP contribution in [0, 0.1) is 17.0 Å². The Morgan fingerprint density at radius 1 is 1.16 bits per heavy atom. The number of nitrogens with zero attached hydrogens (tertiary/aromatic N) is 3. The van der Waals surface area contributed by atoms with Gasteiger partial charge in [0.1, 0.15) is 24.0 Å². The summed E-state index contributed by atoms with van der Waals surface area (Å²) in [6.45, 7) is 5.52. The molecule has 38 heavy (non-hydrogen) atoms. The molecule has 2 aromatic rings. The predicted octanol–water partition coefficient (Wildman–Crippen LogP) is 3.40. The van der Waals surface area contributed by atoms with Crippen molar-refractivity contribution in [2.75, 3.05) is 30.8 Å². The van der Waals surface area contributed by atoms with Crippen LogP contribution in [-0.2, 0) is 26.2 Å². The first-order valence-corrected chi connectivity index (χ1v) is 14.2. The fraction of sp³-hybridized carbons (Fsp3) is 0.462. The maximum Gasteiger partial charge on any atom is 0.271 e. The number of non-ortho nitro benzene ring substituents is 1. The Bertz CT molecular complexity index is 1250. The average Bonchev–Trinajstić information content (AvgIpc) is 2.87. The lowest BCUT2D eigenvalue weighted by molar-refractivity contribution is -0.384. The van der Waals surface area contributed by atoms with E-state index in [1.807, 2.05) is 38.1 Å². The number of ether oxygens (including phenoxy) is 1. The SMILES string of the molecule is CCCCNC(=O)C(CC)N(Cc1ccccc1C)C(=O)CN(c1cc([N+](=O)[O-])ccc1OC)S(C)(=O)=O. The number of nitro benzene ring substituents is 1. The number of hydrogen-bond acceptors (Lipinski definition) is 7. The molecule has 2 rings (SSSR count).